The van der Waals surface area contributed by atoms with E-state index in [4.69, 9.17) is 9.47 Å². The first-order chi connectivity index (χ1) is 12.9. The van der Waals surface area contributed by atoms with E-state index in [1.54, 1.807) is 25.1 Å². The third-order valence-electron chi connectivity index (χ3n) is 4.05. The molecule has 1 atom stereocenters. The summed E-state index contributed by atoms with van der Waals surface area (Å²) in [7, 11) is -3.94. The van der Waals surface area contributed by atoms with Crippen molar-refractivity contribution in [3.05, 3.63) is 53.8 Å². The van der Waals surface area contributed by atoms with E-state index >= 15 is 0 Å². The van der Waals surface area contributed by atoms with Crippen LogP contribution in [0, 0.1) is 5.82 Å². The zero-order chi connectivity index (χ0) is 19.4. The lowest BCUT2D eigenvalue weighted by Gasteiger charge is -2.17. The van der Waals surface area contributed by atoms with Crippen LogP contribution in [0.4, 0.5) is 4.39 Å². The first-order valence-electron chi connectivity index (χ1n) is 8.33. The maximum absolute atomic E-state index is 13.0. The summed E-state index contributed by atoms with van der Waals surface area (Å²) in [6, 6.07) is 8.74. The lowest BCUT2D eigenvalue weighted by atomic mass is 10.2. The van der Waals surface area contributed by atoms with E-state index in [1.807, 2.05) is 0 Å². The molecule has 9 heteroatoms. The van der Waals surface area contributed by atoms with Gasteiger partial charge >= 0.3 is 0 Å². The monoisotopic (exact) mass is 394 g/mol. The molecule has 2 N–H and O–H groups in total. The number of hydrogen-bond acceptors (Lipinski definition) is 5. The highest BCUT2D eigenvalue weighted by molar-refractivity contribution is 7.89. The van der Waals surface area contributed by atoms with E-state index in [-0.39, 0.29) is 24.7 Å². The molecule has 1 unspecified atom stereocenters. The molecule has 2 aromatic carbocycles. The van der Waals surface area contributed by atoms with Crippen molar-refractivity contribution in [2.45, 2.75) is 30.8 Å². The van der Waals surface area contributed by atoms with Gasteiger partial charge in [-0.3, -0.25) is 4.79 Å². The largest absolute Gasteiger partial charge is 0.454 e. The molecule has 0 radical (unpaired) electrons. The number of sulfonamides is 1. The van der Waals surface area contributed by atoms with Gasteiger partial charge in [-0.1, -0.05) is 13.0 Å². The van der Waals surface area contributed by atoms with Gasteiger partial charge in [0.15, 0.2) is 11.5 Å². The summed E-state index contributed by atoms with van der Waals surface area (Å²) in [5.41, 5.74) is 0.795. The number of amides is 1. The van der Waals surface area contributed by atoms with Crippen molar-refractivity contribution in [2.75, 3.05) is 6.79 Å². The van der Waals surface area contributed by atoms with Crippen LogP contribution < -0.4 is 19.5 Å². The van der Waals surface area contributed by atoms with Crippen LogP contribution >= 0.6 is 0 Å². The van der Waals surface area contributed by atoms with Crippen LogP contribution in [0.25, 0.3) is 0 Å². The van der Waals surface area contributed by atoms with Crippen LogP contribution in [0.2, 0.25) is 0 Å². The van der Waals surface area contributed by atoms with Crippen molar-refractivity contribution < 1.29 is 27.1 Å². The van der Waals surface area contributed by atoms with Gasteiger partial charge < -0.3 is 14.8 Å². The maximum atomic E-state index is 13.0. The summed E-state index contributed by atoms with van der Waals surface area (Å²) in [6.45, 7) is 2.07. The van der Waals surface area contributed by atoms with Crippen molar-refractivity contribution in [3.63, 3.8) is 0 Å². The number of carbonyl (C=O) groups is 1. The Morgan fingerprint density at radius 3 is 2.56 bits per heavy atom. The van der Waals surface area contributed by atoms with Crippen LogP contribution in [0.15, 0.2) is 47.4 Å². The van der Waals surface area contributed by atoms with Gasteiger partial charge in [0.05, 0.1) is 4.90 Å². The summed E-state index contributed by atoms with van der Waals surface area (Å²) in [6.07, 6.45) is 0.257. The quantitative estimate of drug-likeness (QED) is 0.748. The topological polar surface area (TPSA) is 93.7 Å². The molecule has 0 bridgehead atoms. The summed E-state index contributed by atoms with van der Waals surface area (Å²) < 4.78 is 50.6. The van der Waals surface area contributed by atoms with Gasteiger partial charge in [0, 0.05) is 6.54 Å². The Bertz CT molecular complexity index is 931. The van der Waals surface area contributed by atoms with Gasteiger partial charge in [0.1, 0.15) is 11.9 Å². The zero-order valence-corrected chi connectivity index (χ0v) is 15.4. The Morgan fingerprint density at radius 2 is 1.85 bits per heavy atom. The number of carbonyl (C=O) groups excluding carboxylic acids is 1. The molecule has 27 heavy (non-hydrogen) atoms. The maximum Gasteiger partial charge on any atom is 0.241 e. The normalized spacial score (nSPS) is 14.0. The summed E-state index contributed by atoms with van der Waals surface area (Å²) >= 11 is 0. The number of hydrogen-bond donors (Lipinski definition) is 2. The Balaban J connectivity index is 1.62. The minimum absolute atomic E-state index is 0.106. The summed E-state index contributed by atoms with van der Waals surface area (Å²) in [4.78, 5) is 12.3. The smallest absolute Gasteiger partial charge is 0.241 e. The molecule has 2 aromatic rings. The highest BCUT2D eigenvalue weighted by Crippen LogP contribution is 2.32. The molecule has 1 aliphatic rings. The molecule has 0 saturated heterocycles. The Hall–Kier alpha value is -2.65. The van der Waals surface area contributed by atoms with Crippen LogP contribution in [0.1, 0.15) is 18.9 Å². The number of fused-ring (bicyclic) bond motifs is 1. The Kier molecular flexibility index (Phi) is 5.62. The van der Waals surface area contributed by atoms with Gasteiger partial charge in [-0.15, -0.1) is 0 Å². The van der Waals surface area contributed by atoms with Crippen molar-refractivity contribution in [1.82, 2.24) is 10.0 Å². The molecule has 0 aliphatic carbocycles. The minimum Gasteiger partial charge on any atom is -0.454 e. The number of halogens is 1. The summed E-state index contributed by atoms with van der Waals surface area (Å²) in [5, 5.41) is 2.70. The highest BCUT2D eigenvalue weighted by atomic mass is 32.2. The molecule has 0 spiro atoms. The molecule has 1 heterocycles. The standard InChI is InChI=1S/C18H19FN2O5S/c1-2-15(21-27(23,24)14-6-4-13(19)5-7-14)18(22)20-10-12-3-8-16-17(9-12)26-11-25-16/h3-9,15,21H,2,10-11H2,1H3,(H,20,22). The molecule has 3 rings (SSSR count). The fourth-order valence-corrected chi connectivity index (χ4v) is 3.83. The molecular weight excluding hydrogens is 375 g/mol. The Morgan fingerprint density at radius 1 is 1.15 bits per heavy atom. The van der Waals surface area contributed by atoms with Crippen LogP contribution in [0.3, 0.4) is 0 Å². The predicted octanol–water partition coefficient (Wildman–Crippen LogP) is 1.93. The van der Waals surface area contributed by atoms with Gasteiger partial charge in [-0.05, 0) is 48.4 Å². The van der Waals surface area contributed by atoms with Crippen LogP contribution in [0.5, 0.6) is 11.5 Å². The van der Waals surface area contributed by atoms with Crippen LogP contribution in [-0.4, -0.2) is 27.2 Å². The van der Waals surface area contributed by atoms with E-state index in [9.17, 15) is 17.6 Å². The van der Waals surface area contributed by atoms with E-state index < -0.39 is 27.8 Å². The van der Waals surface area contributed by atoms with Crippen LogP contribution in [-0.2, 0) is 21.4 Å². The molecule has 0 aromatic heterocycles. The fourth-order valence-electron chi connectivity index (χ4n) is 2.55. The van der Waals surface area contributed by atoms with Crippen molar-refractivity contribution in [3.8, 4) is 11.5 Å². The van der Waals surface area contributed by atoms with E-state index in [0.29, 0.717) is 11.5 Å². The fraction of sp³-hybridized carbons (Fsp3) is 0.278. The highest BCUT2D eigenvalue weighted by Gasteiger charge is 2.24. The first kappa shape index (κ1) is 19.1. The van der Waals surface area contributed by atoms with E-state index in [0.717, 1.165) is 29.8 Å². The third-order valence-corrected chi connectivity index (χ3v) is 5.54. The molecule has 144 valence electrons. The minimum atomic E-state index is -3.94. The molecule has 1 aliphatic heterocycles. The molecule has 1 amide bonds. The molecule has 0 saturated carbocycles. The first-order valence-corrected chi connectivity index (χ1v) is 9.81. The van der Waals surface area contributed by atoms with E-state index in [1.165, 1.54) is 0 Å². The van der Waals surface area contributed by atoms with E-state index in [2.05, 4.69) is 10.0 Å². The third kappa shape index (κ3) is 4.55. The molecule has 0 fully saturated rings. The second-order valence-corrected chi connectivity index (χ2v) is 7.66. The Labute approximate surface area is 156 Å². The van der Waals surface area contributed by atoms with Crippen molar-refractivity contribution in [2.24, 2.45) is 0 Å². The lowest BCUT2D eigenvalue weighted by Crippen LogP contribution is -2.46. The average molecular weight is 394 g/mol. The number of benzene rings is 2. The lowest BCUT2D eigenvalue weighted by molar-refractivity contribution is -0.122. The second kappa shape index (κ2) is 7.93. The number of rotatable bonds is 7. The van der Waals surface area contributed by atoms with Crippen molar-refractivity contribution >= 4 is 15.9 Å². The van der Waals surface area contributed by atoms with Gasteiger partial charge in [0.2, 0.25) is 22.7 Å². The van der Waals surface area contributed by atoms with Crippen molar-refractivity contribution in [1.29, 1.82) is 0 Å². The number of ether oxygens (including phenoxy) is 2. The molecular formula is C18H19FN2O5S. The average Bonchev–Trinajstić information content (AvgIpc) is 3.12. The number of nitrogens with one attached hydrogen (secondary N) is 2. The van der Waals surface area contributed by atoms with Gasteiger partial charge in [0.25, 0.3) is 0 Å². The second-order valence-electron chi connectivity index (χ2n) is 5.94. The van der Waals surface area contributed by atoms with Gasteiger partial charge in [-0.25, -0.2) is 12.8 Å². The predicted molar refractivity (Wildman–Crippen MR) is 95.2 cm³/mol. The molecule has 7 nitrogen and oxygen atoms in total. The zero-order valence-electron chi connectivity index (χ0n) is 14.6. The summed E-state index contributed by atoms with van der Waals surface area (Å²) in [5.74, 6) is 0.248. The van der Waals surface area contributed by atoms with Gasteiger partial charge in [-0.2, -0.15) is 4.72 Å². The SMILES string of the molecule is CCC(NS(=O)(=O)c1ccc(F)cc1)C(=O)NCc1ccc2c(c1)OCO2.